The van der Waals surface area contributed by atoms with Crippen molar-refractivity contribution < 1.29 is 0 Å². The molecule has 0 bridgehead atoms. The summed E-state index contributed by atoms with van der Waals surface area (Å²) in [7, 11) is 0. The molecule has 0 amide bonds. The van der Waals surface area contributed by atoms with E-state index in [1.807, 2.05) is 0 Å². The average Bonchev–Trinajstić information content (AvgIpc) is 2.16. The second-order valence-corrected chi connectivity index (χ2v) is 4.09. The Morgan fingerprint density at radius 2 is 2.15 bits per heavy atom. The number of hydrogen-bond donors (Lipinski definition) is 1. The van der Waals surface area contributed by atoms with E-state index >= 15 is 0 Å². The molecule has 0 aliphatic carbocycles. The number of piperazine rings is 1. The smallest absolute Gasteiger partial charge is 0.0195 e. The summed E-state index contributed by atoms with van der Waals surface area (Å²) < 4.78 is 0. The first-order valence-corrected chi connectivity index (χ1v) is 5.82. The van der Waals surface area contributed by atoms with Crippen LogP contribution < -0.4 is 5.32 Å². The summed E-state index contributed by atoms with van der Waals surface area (Å²) in [6, 6.07) is 0.764. The summed E-state index contributed by atoms with van der Waals surface area (Å²) in [5.41, 5.74) is 0. The van der Waals surface area contributed by atoms with Gasteiger partial charge in [-0.25, -0.2) is 0 Å². The maximum atomic E-state index is 3.60. The van der Waals surface area contributed by atoms with Gasteiger partial charge in [-0.2, -0.15) is 0 Å². The van der Waals surface area contributed by atoms with Gasteiger partial charge in [-0.3, -0.25) is 0 Å². The van der Waals surface area contributed by atoms with Gasteiger partial charge in [0.05, 0.1) is 0 Å². The first-order chi connectivity index (χ1) is 6.36. The zero-order chi connectivity index (χ0) is 9.52. The van der Waals surface area contributed by atoms with Crippen LogP contribution in [0.1, 0.15) is 39.5 Å². The minimum atomic E-state index is 0.764. The summed E-state index contributed by atoms with van der Waals surface area (Å²) in [4.78, 5) is 2.59. The summed E-state index contributed by atoms with van der Waals surface area (Å²) in [6.45, 7) is 9.53. The zero-order valence-electron chi connectivity index (χ0n) is 9.18. The highest BCUT2D eigenvalue weighted by Crippen LogP contribution is 2.06. The zero-order valence-corrected chi connectivity index (χ0v) is 9.18. The third kappa shape index (κ3) is 4.10. The van der Waals surface area contributed by atoms with Crippen molar-refractivity contribution in [2.45, 2.75) is 45.6 Å². The van der Waals surface area contributed by atoms with Crippen molar-refractivity contribution in [3.05, 3.63) is 0 Å². The lowest BCUT2D eigenvalue weighted by molar-refractivity contribution is 0.193. The third-order valence-electron chi connectivity index (χ3n) is 2.79. The molecular weight excluding hydrogens is 160 g/mol. The maximum absolute atomic E-state index is 3.60. The van der Waals surface area contributed by atoms with Gasteiger partial charge in [0, 0.05) is 25.7 Å². The van der Waals surface area contributed by atoms with E-state index in [0.717, 1.165) is 6.04 Å². The molecule has 0 aromatic carbocycles. The standard InChI is InChI=1S/C11H24N2/c1-3-5-6-11-10-13(8-4-2)9-7-12-11/h11-12H,3-10H2,1-2H3/t11-/m0/s1. The van der Waals surface area contributed by atoms with Crippen LogP contribution >= 0.6 is 0 Å². The lowest BCUT2D eigenvalue weighted by atomic mass is 10.1. The Morgan fingerprint density at radius 3 is 2.85 bits per heavy atom. The molecule has 2 heteroatoms. The highest BCUT2D eigenvalue weighted by atomic mass is 15.2. The molecule has 1 rings (SSSR count). The molecule has 1 aliphatic rings. The number of hydrogen-bond acceptors (Lipinski definition) is 2. The van der Waals surface area contributed by atoms with Crippen LogP contribution in [0.5, 0.6) is 0 Å². The van der Waals surface area contributed by atoms with Crippen molar-refractivity contribution >= 4 is 0 Å². The Hall–Kier alpha value is -0.0800. The van der Waals surface area contributed by atoms with Gasteiger partial charge >= 0.3 is 0 Å². The SMILES string of the molecule is CCCC[C@H]1CN(CCC)CCN1. The van der Waals surface area contributed by atoms with Crippen LogP contribution in [0.25, 0.3) is 0 Å². The Labute approximate surface area is 82.7 Å². The molecule has 1 N–H and O–H groups in total. The Kier molecular flexibility index (Phi) is 5.40. The molecule has 0 radical (unpaired) electrons. The maximum Gasteiger partial charge on any atom is 0.0195 e. The van der Waals surface area contributed by atoms with Crippen molar-refractivity contribution in [3.63, 3.8) is 0 Å². The van der Waals surface area contributed by atoms with E-state index in [4.69, 9.17) is 0 Å². The molecule has 1 atom stereocenters. The second kappa shape index (κ2) is 6.39. The molecule has 1 saturated heterocycles. The molecule has 0 unspecified atom stereocenters. The van der Waals surface area contributed by atoms with Crippen molar-refractivity contribution in [3.8, 4) is 0 Å². The molecule has 0 saturated carbocycles. The van der Waals surface area contributed by atoms with Crippen LogP contribution in [-0.2, 0) is 0 Å². The predicted molar refractivity (Wildman–Crippen MR) is 58.0 cm³/mol. The lowest BCUT2D eigenvalue weighted by Crippen LogP contribution is -2.50. The molecule has 0 aromatic heterocycles. The van der Waals surface area contributed by atoms with E-state index in [1.54, 1.807) is 0 Å². The molecule has 78 valence electrons. The quantitative estimate of drug-likeness (QED) is 0.701. The molecule has 0 aromatic rings. The van der Waals surface area contributed by atoms with Crippen molar-refractivity contribution in [2.75, 3.05) is 26.2 Å². The van der Waals surface area contributed by atoms with Crippen molar-refractivity contribution in [1.82, 2.24) is 10.2 Å². The predicted octanol–water partition coefficient (Wildman–Crippen LogP) is 1.86. The summed E-state index contributed by atoms with van der Waals surface area (Å²) >= 11 is 0. The molecule has 0 spiro atoms. The van der Waals surface area contributed by atoms with E-state index in [1.165, 1.54) is 51.9 Å². The van der Waals surface area contributed by atoms with Crippen LogP contribution in [0.15, 0.2) is 0 Å². The first kappa shape index (κ1) is 11.0. The van der Waals surface area contributed by atoms with Gasteiger partial charge < -0.3 is 10.2 Å². The van der Waals surface area contributed by atoms with Gasteiger partial charge in [-0.1, -0.05) is 26.7 Å². The molecule has 1 aliphatic heterocycles. The molecule has 1 heterocycles. The van der Waals surface area contributed by atoms with Gasteiger partial charge in [0.15, 0.2) is 0 Å². The van der Waals surface area contributed by atoms with Gasteiger partial charge in [0.2, 0.25) is 0 Å². The Balaban J connectivity index is 2.16. The van der Waals surface area contributed by atoms with Crippen LogP contribution in [0.4, 0.5) is 0 Å². The highest BCUT2D eigenvalue weighted by Gasteiger charge is 2.17. The van der Waals surface area contributed by atoms with Crippen LogP contribution in [0, 0.1) is 0 Å². The van der Waals surface area contributed by atoms with Crippen molar-refractivity contribution in [2.24, 2.45) is 0 Å². The second-order valence-electron chi connectivity index (χ2n) is 4.09. The van der Waals surface area contributed by atoms with E-state index in [9.17, 15) is 0 Å². The monoisotopic (exact) mass is 184 g/mol. The third-order valence-corrected chi connectivity index (χ3v) is 2.79. The minimum Gasteiger partial charge on any atom is -0.311 e. The summed E-state index contributed by atoms with van der Waals surface area (Å²) in [5.74, 6) is 0. The largest absolute Gasteiger partial charge is 0.311 e. The number of nitrogens with zero attached hydrogens (tertiary/aromatic N) is 1. The van der Waals surface area contributed by atoms with Gasteiger partial charge in [-0.05, 0) is 19.4 Å². The fraction of sp³-hybridized carbons (Fsp3) is 1.00. The lowest BCUT2D eigenvalue weighted by Gasteiger charge is -2.33. The Morgan fingerprint density at radius 1 is 1.31 bits per heavy atom. The molecule has 1 fully saturated rings. The average molecular weight is 184 g/mol. The van der Waals surface area contributed by atoms with Gasteiger partial charge in [0.1, 0.15) is 0 Å². The molecule has 2 nitrogen and oxygen atoms in total. The summed E-state index contributed by atoms with van der Waals surface area (Å²) in [5, 5.41) is 3.60. The fourth-order valence-electron chi connectivity index (χ4n) is 2.06. The van der Waals surface area contributed by atoms with Gasteiger partial charge in [-0.15, -0.1) is 0 Å². The summed E-state index contributed by atoms with van der Waals surface area (Å²) in [6.07, 6.45) is 5.35. The Bertz CT molecular complexity index is 123. The van der Waals surface area contributed by atoms with E-state index < -0.39 is 0 Å². The normalized spacial score (nSPS) is 24.9. The highest BCUT2D eigenvalue weighted by molar-refractivity contribution is 4.77. The van der Waals surface area contributed by atoms with E-state index in [2.05, 4.69) is 24.1 Å². The van der Waals surface area contributed by atoms with Gasteiger partial charge in [0.25, 0.3) is 0 Å². The van der Waals surface area contributed by atoms with E-state index in [-0.39, 0.29) is 0 Å². The van der Waals surface area contributed by atoms with Crippen molar-refractivity contribution in [1.29, 1.82) is 0 Å². The fourth-order valence-corrected chi connectivity index (χ4v) is 2.06. The van der Waals surface area contributed by atoms with Crippen LogP contribution in [-0.4, -0.2) is 37.1 Å². The topological polar surface area (TPSA) is 15.3 Å². The number of unbranched alkanes of at least 4 members (excludes halogenated alkanes) is 1. The van der Waals surface area contributed by atoms with E-state index in [0.29, 0.717) is 0 Å². The number of rotatable bonds is 5. The molecule has 13 heavy (non-hydrogen) atoms. The van der Waals surface area contributed by atoms with Crippen LogP contribution in [0.2, 0.25) is 0 Å². The first-order valence-electron chi connectivity index (χ1n) is 5.82. The minimum absolute atomic E-state index is 0.764. The van der Waals surface area contributed by atoms with Crippen LogP contribution in [0.3, 0.4) is 0 Å². The molecular formula is C11H24N2. The number of nitrogens with one attached hydrogen (secondary N) is 1.